The van der Waals surface area contributed by atoms with E-state index in [1.54, 1.807) is 20.8 Å². The molecular formula is C16H28N2O5. The van der Waals surface area contributed by atoms with Gasteiger partial charge in [0.2, 0.25) is 0 Å². The van der Waals surface area contributed by atoms with E-state index in [4.69, 9.17) is 4.74 Å². The summed E-state index contributed by atoms with van der Waals surface area (Å²) in [5.74, 6) is -1.06. The van der Waals surface area contributed by atoms with E-state index in [2.05, 4.69) is 5.32 Å². The molecule has 0 aromatic heterocycles. The maximum Gasteiger partial charge on any atom is 0.408 e. The number of hydrogen-bond donors (Lipinski definition) is 3. The lowest BCUT2D eigenvalue weighted by Crippen LogP contribution is -2.58. The molecule has 1 aliphatic carbocycles. The number of alkyl carbamates (subject to hydrolysis) is 1. The second-order valence-corrected chi connectivity index (χ2v) is 7.65. The number of aliphatic hydroxyl groups is 1. The van der Waals surface area contributed by atoms with Crippen molar-refractivity contribution in [3.05, 3.63) is 0 Å². The monoisotopic (exact) mass is 328 g/mol. The van der Waals surface area contributed by atoms with Crippen molar-refractivity contribution < 1.29 is 24.5 Å². The number of amides is 1. The highest BCUT2D eigenvalue weighted by Gasteiger charge is 2.49. The van der Waals surface area contributed by atoms with Crippen molar-refractivity contribution in [3.8, 4) is 0 Å². The van der Waals surface area contributed by atoms with Gasteiger partial charge < -0.3 is 20.3 Å². The first-order valence-corrected chi connectivity index (χ1v) is 8.30. The summed E-state index contributed by atoms with van der Waals surface area (Å²) in [6.07, 6.45) is 2.83. The van der Waals surface area contributed by atoms with Gasteiger partial charge in [-0.3, -0.25) is 4.90 Å². The first-order chi connectivity index (χ1) is 10.6. The van der Waals surface area contributed by atoms with Crippen LogP contribution < -0.4 is 5.32 Å². The molecule has 132 valence electrons. The molecule has 23 heavy (non-hydrogen) atoms. The topological polar surface area (TPSA) is 99.1 Å². The van der Waals surface area contributed by atoms with Crippen LogP contribution in [0.1, 0.15) is 52.9 Å². The van der Waals surface area contributed by atoms with Crippen molar-refractivity contribution in [2.24, 2.45) is 0 Å². The normalized spacial score (nSPS) is 32.5. The average molecular weight is 328 g/mol. The van der Waals surface area contributed by atoms with Crippen LogP contribution in [0.5, 0.6) is 0 Å². The van der Waals surface area contributed by atoms with Crippen LogP contribution in [-0.4, -0.2) is 63.6 Å². The molecule has 3 N–H and O–H groups in total. The molecule has 2 rings (SSSR count). The molecule has 1 aliphatic heterocycles. The number of ether oxygens (including phenoxy) is 1. The largest absolute Gasteiger partial charge is 0.479 e. The number of aliphatic hydroxyl groups excluding tert-OH is 1. The molecule has 7 nitrogen and oxygen atoms in total. The van der Waals surface area contributed by atoms with Crippen molar-refractivity contribution >= 4 is 12.1 Å². The third-order valence-corrected chi connectivity index (χ3v) is 4.61. The Hall–Kier alpha value is -1.34. The fourth-order valence-corrected chi connectivity index (χ4v) is 3.47. The van der Waals surface area contributed by atoms with Gasteiger partial charge in [0.1, 0.15) is 5.60 Å². The van der Waals surface area contributed by atoms with Crippen LogP contribution in [0, 0.1) is 0 Å². The van der Waals surface area contributed by atoms with Gasteiger partial charge in [0.25, 0.3) is 0 Å². The minimum Gasteiger partial charge on any atom is -0.479 e. The Labute approximate surface area is 137 Å². The molecule has 1 heterocycles. The molecule has 3 unspecified atom stereocenters. The zero-order valence-corrected chi connectivity index (χ0v) is 14.2. The van der Waals surface area contributed by atoms with Gasteiger partial charge in [0.05, 0.1) is 6.10 Å². The Balaban J connectivity index is 2.05. The molecule has 2 fully saturated rings. The molecule has 3 atom stereocenters. The molecule has 0 spiro atoms. The summed E-state index contributed by atoms with van der Waals surface area (Å²) in [4.78, 5) is 25.8. The highest BCUT2D eigenvalue weighted by molar-refractivity contribution is 5.85. The number of hydrogen-bond acceptors (Lipinski definition) is 5. The lowest BCUT2D eigenvalue weighted by molar-refractivity contribution is -0.144. The van der Waals surface area contributed by atoms with Gasteiger partial charge in [-0.25, -0.2) is 9.59 Å². The molecule has 1 saturated carbocycles. The van der Waals surface area contributed by atoms with Gasteiger partial charge in [-0.05, 0) is 40.0 Å². The van der Waals surface area contributed by atoms with Gasteiger partial charge in [-0.1, -0.05) is 12.8 Å². The van der Waals surface area contributed by atoms with E-state index in [0.717, 1.165) is 25.7 Å². The number of likely N-dealkylation sites (tertiary alicyclic amines) is 1. The molecule has 0 radical (unpaired) electrons. The van der Waals surface area contributed by atoms with E-state index in [-0.39, 0.29) is 12.6 Å². The quantitative estimate of drug-likeness (QED) is 0.723. The van der Waals surface area contributed by atoms with Crippen LogP contribution in [0.2, 0.25) is 0 Å². The summed E-state index contributed by atoms with van der Waals surface area (Å²) in [5.41, 5.74) is -2.03. The molecule has 7 heteroatoms. The standard InChI is InChI=1S/C16H28N2O5/c1-15(2,3)23-14(22)17-16(13(20)21)8-9-18(10-16)11-6-4-5-7-12(11)19/h11-12,19H,4-10H2,1-3H3,(H,17,22)(H,20,21). The molecular weight excluding hydrogens is 300 g/mol. The van der Waals surface area contributed by atoms with Crippen LogP contribution in [0.3, 0.4) is 0 Å². The maximum absolute atomic E-state index is 12.0. The van der Waals surface area contributed by atoms with Crippen LogP contribution in [0.4, 0.5) is 4.79 Å². The number of nitrogens with one attached hydrogen (secondary N) is 1. The summed E-state index contributed by atoms with van der Waals surface area (Å²) in [6, 6.07) is -0.0228. The zero-order valence-electron chi connectivity index (χ0n) is 14.2. The average Bonchev–Trinajstić information content (AvgIpc) is 2.82. The molecule has 2 aliphatic rings. The van der Waals surface area contributed by atoms with E-state index in [0.29, 0.717) is 13.0 Å². The number of carbonyl (C=O) groups is 2. The van der Waals surface area contributed by atoms with Gasteiger partial charge in [0, 0.05) is 19.1 Å². The van der Waals surface area contributed by atoms with Crippen LogP contribution in [0.25, 0.3) is 0 Å². The minimum absolute atomic E-state index is 0.0228. The Bertz CT molecular complexity index is 462. The van der Waals surface area contributed by atoms with E-state index in [1.165, 1.54) is 0 Å². The predicted octanol–water partition coefficient (Wildman–Crippen LogP) is 1.34. The minimum atomic E-state index is -1.35. The SMILES string of the molecule is CC(C)(C)OC(=O)NC1(C(=O)O)CCN(C2CCCCC2O)C1. The number of carbonyl (C=O) groups excluding carboxylic acids is 1. The molecule has 1 saturated heterocycles. The highest BCUT2D eigenvalue weighted by Crippen LogP contribution is 2.30. The second kappa shape index (κ2) is 6.65. The first-order valence-electron chi connectivity index (χ1n) is 8.30. The summed E-state index contributed by atoms with van der Waals surface area (Å²) in [7, 11) is 0. The number of nitrogens with zero attached hydrogens (tertiary/aromatic N) is 1. The lowest BCUT2D eigenvalue weighted by Gasteiger charge is -2.36. The van der Waals surface area contributed by atoms with Crippen molar-refractivity contribution in [3.63, 3.8) is 0 Å². The maximum atomic E-state index is 12.0. The first kappa shape index (κ1) is 18.0. The smallest absolute Gasteiger partial charge is 0.408 e. The van der Waals surface area contributed by atoms with Gasteiger partial charge >= 0.3 is 12.1 Å². The van der Waals surface area contributed by atoms with Crippen molar-refractivity contribution in [1.82, 2.24) is 10.2 Å². The molecule has 0 aromatic rings. The fourth-order valence-electron chi connectivity index (χ4n) is 3.47. The van der Waals surface area contributed by atoms with E-state index in [9.17, 15) is 19.8 Å². The summed E-state index contributed by atoms with van der Waals surface area (Å²) in [6.45, 7) is 5.95. The highest BCUT2D eigenvalue weighted by atomic mass is 16.6. The molecule has 0 bridgehead atoms. The molecule has 1 amide bonds. The Morgan fingerprint density at radius 2 is 1.91 bits per heavy atom. The van der Waals surface area contributed by atoms with E-state index in [1.807, 2.05) is 4.90 Å². The van der Waals surface area contributed by atoms with Crippen LogP contribution in [-0.2, 0) is 9.53 Å². The summed E-state index contributed by atoms with van der Waals surface area (Å²) in [5, 5.41) is 22.4. The Morgan fingerprint density at radius 3 is 2.48 bits per heavy atom. The molecule has 0 aromatic carbocycles. The number of rotatable bonds is 3. The van der Waals surface area contributed by atoms with Crippen molar-refractivity contribution in [2.75, 3.05) is 13.1 Å². The van der Waals surface area contributed by atoms with Gasteiger partial charge in [-0.2, -0.15) is 0 Å². The van der Waals surface area contributed by atoms with Crippen molar-refractivity contribution in [2.45, 2.75) is 76.2 Å². The second-order valence-electron chi connectivity index (χ2n) is 7.65. The Morgan fingerprint density at radius 1 is 1.26 bits per heavy atom. The number of aliphatic carboxylic acids is 1. The number of carboxylic acids is 1. The fraction of sp³-hybridized carbons (Fsp3) is 0.875. The summed E-state index contributed by atoms with van der Waals surface area (Å²) < 4.78 is 5.20. The summed E-state index contributed by atoms with van der Waals surface area (Å²) >= 11 is 0. The van der Waals surface area contributed by atoms with E-state index < -0.39 is 29.3 Å². The predicted molar refractivity (Wildman–Crippen MR) is 84.2 cm³/mol. The van der Waals surface area contributed by atoms with Crippen LogP contribution >= 0.6 is 0 Å². The van der Waals surface area contributed by atoms with Crippen molar-refractivity contribution in [1.29, 1.82) is 0 Å². The zero-order chi connectivity index (χ0) is 17.3. The van der Waals surface area contributed by atoms with Crippen LogP contribution in [0.15, 0.2) is 0 Å². The lowest BCUT2D eigenvalue weighted by atomic mass is 9.91. The van der Waals surface area contributed by atoms with Gasteiger partial charge in [-0.15, -0.1) is 0 Å². The van der Waals surface area contributed by atoms with E-state index >= 15 is 0 Å². The third kappa shape index (κ3) is 4.35. The van der Waals surface area contributed by atoms with Gasteiger partial charge in [0.15, 0.2) is 5.54 Å². The number of carboxylic acid groups (broad SMARTS) is 1. The third-order valence-electron chi connectivity index (χ3n) is 4.61. The Kier molecular flexibility index (Phi) is 5.20.